The molecule has 2 N–H and O–H groups in total. The number of pyridine rings is 1. The maximum atomic E-state index is 5.72. The number of anilines is 1. The van der Waals surface area contributed by atoms with Crippen LogP contribution in [0.2, 0.25) is 0 Å². The van der Waals surface area contributed by atoms with E-state index in [0.29, 0.717) is 5.92 Å². The first-order valence-corrected chi connectivity index (χ1v) is 7.29. The zero-order valence-corrected chi connectivity index (χ0v) is 12.2. The first kappa shape index (κ1) is 14.3. The van der Waals surface area contributed by atoms with Gasteiger partial charge in [0.2, 0.25) is 0 Å². The molecule has 1 saturated heterocycles. The summed E-state index contributed by atoms with van der Waals surface area (Å²) in [4.78, 5) is 9.49. The number of aromatic nitrogens is 1. The molecule has 2 rings (SSSR count). The average molecular weight is 262 g/mol. The Morgan fingerprint density at radius 3 is 2.89 bits per heavy atom. The highest BCUT2D eigenvalue weighted by molar-refractivity contribution is 5.45. The summed E-state index contributed by atoms with van der Waals surface area (Å²) in [6, 6.07) is 4.15. The molecule has 0 bridgehead atoms. The van der Waals surface area contributed by atoms with Crippen LogP contribution in [0.25, 0.3) is 0 Å². The molecule has 1 aromatic rings. The quantitative estimate of drug-likeness (QED) is 0.893. The summed E-state index contributed by atoms with van der Waals surface area (Å²) in [5.41, 5.74) is 6.99. The van der Waals surface area contributed by atoms with Crippen molar-refractivity contribution in [3.05, 3.63) is 23.9 Å². The Bertz CT molecular complexity index is 393. The van der Waals surface area contributed by atoms with Gasteiger partial charge in [0.05, 0.1) is 0 Å². The van der Waals surface area contributed by atoms with Crippen molar-refractivity contribution < 1.29 is 0 Å². The van der Waals surface area contributed by atoms with Gasteiger partial charge in [-0.25, -0.2) is 4.98 Å². The average Bonchev–Trinajstić information content (AvgIpc) is 2.65. The number of aryl methyl sites for hydroxylation is 1. The molecule has 2 heterocycles. The topological polar surface area (TPSA) is 45.4 Å². The van der Waals surface area contributed by atoms with Gasteiger partial charge in [0.25, 0.3) is 0 Å². The molecule has 0 aliphatic carbocycles. The SMILES string of the molecule is Cc1cccnc1N1CCCN(CC(C)CN)CC1. The van der Waals surface area contributed by atoms with Crippen LogP contribution in [0, 0.1) is 12.8 Å². The molecule has 0 saturated carbocycles. The predicted octanol–water partition coefficient (Wildman–Crippen LogP) is 1.50. The third-order valence-corrected chi connectivity index (χ3v) is 3.84. The normalized spacial score (nSPS) is 19.2. The zero-order valence-electron chi connectivity index (χ0n) is 12.2. The van der Waals surface area contributed by atoms with Gasteiger partial charge in [0, 0.05) is 32.4 Å². The lowest BCUT2D eigenvalue weighted by Crippen LogP contribution is -2.35. The Hall–Kier alpha value is -1.13. The monoisotopic (exact) mass is 262 g/mol. The Morgan fingerprint density at radius 1 is 1.32 bits per heavy atom. The third-order valence-electron chi connectivity index (χ3n) is 3.84. The lowest BCUT2D eigenvalue weighted by Gasteiger charge is -2.25. The fraction of sp³-hybridized carbons (Fsp3) is 0.667. The molecule has 0 amide bonds. The van der Waals surface area contributed by atoms with Crippen molar-refractivity contribution in [2.24, 2.45) is 11.7 Å². The molecule has 4 heteroatoms. The highest BCUT2D eigenvalue weighted by Gasteiger charge is 2.18. The molecule has 0 spiro atoms. The second-order valence-electron chi connectivity index (χ2n) is 5.63. The van der Waals surface area contributed by atoms with Crippen molar-refractivity contribution >= 4 is 5.82 Å². The number of hydrogen-bond acceptors (Lipinski definition) is 4. The minimum atomic E-state index is 0.586. The van der Waals surface area contributed by atoms with Crippen LogP contribution >= 0.6 is 0 Å². The smallest absolute Gasteiger partial charge is 0.131 e. The molecular formula is C15H26N4. The molecule has 1 atom stereocenters. The molecule has 106 valence electrons. The van der Waals surface area contributed by atoms with Crippen molar-refractivity contribution in [2.75, 3.05) is 44.2 Å². The highest BCUT2D eigenvalue weighted by atomic mass is 15.2. The van der Waals surface area contributed by atoms with Gasteiger partial charge >= 0.3 is 0 Å². The van der Waals surface area contributed by atoms with Crippen LogP contribution in [-0.4, -0.2) is 49.2 Å². The van der Waals surface area contributed by atoms with Crippen LogP contribution in [0.3, 0.4) is 0 Å². The van der Waals surface area contributed by atoms with E-state index in [-0.39, 0.29) is 0 Å². The van der Waals surface area contributed by atoms with Gasteiger partial charge in [-0.15, -0.1) is 0 Å². The van der Waals surface area contributed by atoms with Gasteiger partial charge in [0.1, 0.15) is 5.82 Å². The van der Waals surface area contributed by atoms with Gasteiger partial charge < -0.3 is 15.5 Å². The van der Waals surface area contributed by atoms with E-state index in [1.165, 1.54) is 18.5 Å². The largest absolute Gasteiger partial charge is 0.355 e. The summed E-state index contributed by atoms with van der Waals surface area (Å²) in [6.07, 6.45) is 3.09. The fourth-order valence-electron chi connectivity index (χ4n) is 2.69. The molecular weight excluding hydrogens is 236 g/mol. The molecule has 1 unspecified atom stereocenters. The Morgan fingerprint density at radius 2 is 2.16 bits per heavy atom. The third kappa shape index (κ3) is 3.91. The van der Waals surface area contributed by atoms with E-state index in [1.54, 1.807) is 0 Å². The Kier molecular flexibility index (Phi) is 5.16. The summed E-state index contributed by atoms with van der Waals surface area (Å²) in [5, 5.41) is 0. The van der Waals surface area contributed by atoms with Gasteiger partial charge in [-0.2, -0.15) is 0 Å². The summed E-state index contributed by atoms with van der Waals surface area (Å²) in [7, 11) is 0. The minimum absolute atomic E-state index is 0.586. The lowest BCUT2D eigenvalue weighted by atomic mass is 10.1. The van der Waals surface area contributed by atoms with E-state index < -0.39 is 0 Å². The van der Waals surface area contributed by atoms with Crippen molar-refractivity contribution in [3.8, 4) is 0 Å². The number of nitrogens with two attached hydrogens (primary N) is 1. The van der Waals surface area contributed by atoms with Gasteiger partial charge in [0.15, 0.2) is 0 Å². The lowest BCUT2D eigenvalue weighted by molar-refractivity contribution is 0.255. The molecule has 1 aromatic heterocycles. The number of rotatable bonds is 4. The van der Waals surface area contributed by atoms with E-state index in [0.717, 1.165) is 38.5 Å². The molecule has 1 aliphatic heterocycles. The van der Waals surface area contributed by atoms with E-state index in [1.807, 2.05) is 12.3 Å². The van der Waals surface area contributed by atoms with Crippen LogP contribution in [-0.2, 0) is 0 Å². The Labute approximate surface area is 116 Å². The highest BCUT2D eigenvalue weighted by Crippen LogP contribution is 2.18. The van der Waals surface area contributed by atoms with Crippen molar-refractivity contribution in [3.63, 3.8) is 0 Å². The second-order valence-corrected chi connectivity index (χ2v) is 5.63. The zero-order chi connectivity index (χ0) is 13.7. The summed E-state index contributed by atoms with van der Waals surface area (Å²) in [6.45, 7) is 10.7. The van der Waals surface area contributed by atoms with Crippen LogP contribution in [0.1, 0.15) is 18.9 Å². The second kappa shape index (κ2) is 6.87. The van der Waals surface area contributed by atoms with Gasteiger partial charge in [-0.05, 0) is 44.0 Å². The summed E-state index contributed by atoms with van der Waals surface area (Å²) >= 11 is 0. The number of hydrogen-bond donors (Lipinski definition) is 1. The minimum Gasteiger partial charge on any atom is -0.355 e. The van der Waals surface area contributed by atoms with Crippen molar-refractivity contribution in [2.45, 2.75) is 20.3 Å². The van der Waals surface area contributed by atoms with Crippen molar-refractivity contribution in [1.82, 2.24) is 9.88 Å². The van der Waals surface area contributed by atoms with E-state index in [9.17, 15) is 0 Å². The summed E-state index contributed by atoms with van der Waals surface area (Å²) < 4.78 is 0. The first-order valence-electron chi connectivity index (χ1n) is 7.29. The van der Waals surface area contributed by atoms with Gasteiger partial charge in [-0.3, -0.25) is 0 Å². The van der Waals surface area contributed by atoms with Gasteiger partial charge in [-0.1, -0.05) is 13.0 Å². The molecule has 1 aliphatic rings. The maximum Gasteiger partial charge on any atom is 0.131 e. The summed E-state index contributed by atoms with van der Waals surface area (Å²) in [5.74, 6) is 1.74. The van der Waals surface area contributed by atoms with Crippen LogP contribution in [0.15, 0.2) is 18.3 Å². The first-order chi connectivity index (χ1) is 9.20. The molecule has 1 fully saturated rings. The van der Waals surface area contributed by atoms with Crippen molar-refractivity contribution in [1.29, 1.82) is 0 Å². The van der Waals surface area contributed by atoms with E-state index in [4.69, 9.17) is 5.73 Å². The molecule has 0 radical (unpaired) electrons. The molecule has 19 heavy (non-hydrogen) atoms. The molecule has 4 nitrogen and oxygen atoms in total. The number of nitrogens with zero attached hydrogens (tertiary/aromatic N) is 3. The van der Waals surface area contributed by atoms with E-state index >= 15 is 0 Å². The van der Waals surface area contributed by atoms with Crippen LogP contribution in [0.5, 0.6) is 0 Å². The maximum absolute atomic E-state index is 5.72. The fourth-order valence-corrected chi connectivity index (χ4v) is 2.69. The standard InChI is InChI=1S/C15H26N4/c1-13(11-16)12-18-7-4-8-19(10-9-18)15-14(2)5-3-6-17-15/h3,5-6,13H,4,7-12,16H2,1-2H3. The van der Waals surface area contributed by atoms with Crippen LogP contribution < -0.4 is 10.6 Å². The predicted molar refractivity (Wildman–Crippen MR) is 80.5 cm³/mol. The van der Waals surface area contributed by atoms with E-state index in [2.05, 4.69) is 34.7 Å². The van der Waals surface area contributed by atoms with Crippen LogP contribution in [0.4, 0.5) is 5.82 Å². The Balaban J connectivity index is 1.95. The molecule has 0 aromatic carbocycles.